The Morgan fingerprint density at radius 1 is 1.50 bits per heavy atom. The minimum Gasteiger partial charge on any atom is -0.505 e. The summed E-state index contributed by atoms with van der Waals surface area (Å²) in [4.78, 5) is 14.2. The minimum absolute atomic E-state index is 0.195. The van der Waals surface area contributed by atoms with Gasteiger partial charge >= 0.3 is 0 Å². The third-order valence-electron chi connectivity index (χ3n) is 2.40. The number of nitrogens with zero attached hydrogens (tertiary/aromatic N) is 1. The molecule has 82 valence electrons. The molecular formula is C12H11NO3. The number of phenolic OH excluding ortho intramolecular Hbond substituents is 1. The van der Waals surface area contributed by atoms with Crippen LogP contribution in [0.3, 0.4) is 0 Å². The fraction of sp³-hybridized carbons (Fsp3) is 0.167. The molecule has 0 aliphatic carbocycles. The summed E-state index contributed by atoms with van der Waals surface area (Å²) in [5.41, 5.74) is 2.15. The molecule has 1 aromatic heterocycles. The molecule has 0 radical (unpaired) electrons. The van der Waals surface area contributed by atoms with Crippen LogP contribution >= 0.6 is 0 Å². The molecule has 1 N–H and O–H groups in total. The number of carbonyl (C=O) groups is 1. The van der Waals surface area contributed by atoms with Crippen molar-refractivity contribution in [3.05, 3.63) is 35.5 Å². The van der Waals surface area contributed by atoms with E-state index in [1.54, 1.807) is 6.20 Å². The molecule has 2 aromatic rings. The molecule has 4 nitrogen and oxygen atoms in total. The number of hydrogen-bond donors (Lipinski definition) is 1. The van der Waals surface area contributed by atoms with Crippen LogP contribution in [-0.2, 0) is 16.1 Å². The van der Waals surface area contributed by atoms with Gasteiger partial charge in [0.25, 0.3) is 6.47 Å². The number of aryl methyl sites for hydroxylation is 1. The maximum atomic E-state index is 10.1. The van der Waals surface area contributed by atoms with Crippen LogP contribution in [0.4, 0.5) is 0 Å². The molecule has 1 aromatic carbocycles. The molecule has 16 heavy (non-hydrogen) atoms. The van der Waals surface area contributed by atoms with E-state index in [0.717, 1.165) is 16.5 Å². The van der Waals surface area contributed by atoms with Gasteiger partial charge in [0.2, 0.25) is 0 Å². The average molecular weight is 217 g/mol. The first-order chi connectivity index (χ1) is 7.72. The number of ether oxygens (including phenoxy) is 1. The van der Waals surface area contributed by atoms with Gasteiger partial charge in [-0.1, -0.05) is 12.1 Å². The van der Waals surface area contributed by atoms with Crippen LogP contribution in [-0.4, -0.2) is 16.6 Å². The van der Waals surface area contributed by atoms with Gasteiger partial charge in [-0.05, 0) is 18.6 Å². The molecule has 0 bridgehead atoms. The Kier molecular flexibility index (Phi) is 2.72. The quantitative estimate of drug-likeness (QED) is 0.798. The number of aromatic nitrogens is 1. The lowest BCUT2D eigenvalue weighted by atomic mass is 10.1. The van der Waals surface area contributed by atoms with Crippen molar-refractivity contribution in [1.82, 2.24) is 4.98 Å². The summed E-state index contributed by atoms with van der Waals surface area (Å²) in [5, 5.41) is 10.6. The highest BCUT2D eigenvalue weighted by atomic mass is 16.5. The lowest BCUT2D eigenvalue weighted by Crippen LogP contribution is -1.92. The summed E-state index contributed by atoms with van der Waals surface area (Å²) in [6.45, 7) is 2.41. The number of benzene rings is 1. The first kappa shape index (κ1) is 10.4. The van der Waals surface area contributed by atoms with Gasteiger partial charge in [0.1, 0.15) is 17.9 Å². The van der Waals surface area contributed by atoms with Crippen molar-refractivity contribution in [2.24, 2.45) is 0 Å². The van der Waals surface area contributed by atoms with Crippen molar-refractivity contribution in [2.75, 3.05) is 0 Å². The largest absolute Gasteiger partial charge is 0.505 e. The first-order valence-electron chi connectivity index (χ1n) is 4.85. The van der Waals surface area contributed by atoms with Crippen LogP contribution < -0.4 is 0 Å². The molecule has 0 unspecified atom stereocenters. The van der Waals surface area contributed by atoms with Crippen molar-refractivity contribution in [2.45, 2.75) is 13.5 Å². The maximum absolute atomic E-state index is 10.1. The number of hydrogen-bond acceptors (Lipinski definition) is 4. The van der Waals surface area contributed by atoms with Crippen LogP contribution in [0.15, 0.2) is 24.4 Å². The van der Waals surface area contributed by atoms with Gasteiger partial charge < -0.3 is 9.84 Å². The van der Waals surface area contributed by atoms with E-state index in [1.807, 2.05) is 25.1 Å². The Balaban J connectivity index is 2.47. The number of carbonyl (C=O) groups excluding carboxylic acids is 1. The Hall–Kier alpha value is -2.10. The lowest BCUT2D eigenvalue weighted by Gasteiger charge is -2.05. The van der Waals surface area contributed by atoms with Gasteiger partial charge in [-0.25, -0.2) is 0 Å². The average Bonchev–Trinajstić information content (AvgIpc) is 2.31. The molecule has 4 heteroatoms. The first-order valence-corrected chi connectivity index (χ1v) is 4.85. The minimum atomic E-state index is 0.195. The Morgan fingerprint density at radius 3 is 3.06 bits per heavy atom. The molecule has 0 aliphatic rings. The van der Waals surface area contributed by atoms with Gasteiger partial charge in [0, 0.05) is 17.1 Å². The van der Waals surface area contributed by atoms with E-state index in [1.165, 1.54) is 0 Å². The summed E-state index contributed by atoms with van der Waals surface area (Å²) < 4.78 is 4.64. The highest BCUT2D eigenvalue weighted by Gasteiger charge is 2.05. The standard InChI is InChI=1S/C12H11NO3/c1-8-2-3-10-4-9(6-16-7-14)5-13-11(10)12(8)15/h2-5,7,15H,6H2,1H3. The highest BCUT2D eigenvalue weighted by Crippen LogP contribution is 2.26. The zero-order valence-electron chi connectivity index (χ0n) is 8.80. The van der Waals surface area contributed by atoms with Crippen molar-refractivity contribution in [3.63, 3.8) is 0 Å². The van der Waals surface area contributed by atoms with E-state index in [-0.39, 0.29) is 12.4 Å². The van der Waals surface area contributed by atoms with E-state index in [4.69, 9.17) is 0 Å². The van der Waals surface area contributed by atoms with Gasteiger partial charge in [-0.3, -0.25) is 9.78 Å². The summed E-state index contributed by atoms with van der Waals surface area (Å²) in [5.74, 6) is 0.195. The number of aromatic hydroxyl groups is 1. The second kappa shape index (κ2) is 4.18. The monoisotopic (exact) mass is 217 g/mol. The second-order valence-electron chi connectivity index (χ2n) is 3.55. The van der Waals surface area contributed by atoms with Crippen LogP contribution in [0.25, 0.3) is 10.9 Å². The molecule has 0 saturated heterocycles. The molecular weight excluding hydrogens is 206 g/mol. The van der Waals surface area contributed by atoms with Crippen LogP contribution in [0.5, 0.6) is 5.75 Å². The molecule has 0 fully saturated rings. The smallest absolute Gasteiger partial charge is 0.293 e. The normalized spacial score (nSPS) is 10.3. The van der Waals surface area contributed by atoms with Gasteiger partial charge in [-0.15, -0.1) is 0 Å². The maximum Gasteiger partial charge on any atom is 0.293 e. The lowest BCUT2D eigenvalue weighted by molar-refractivity contribution is -0.129. The Bertz CT molecular complexity index is 537. The van der Waals surface area contributed by atoms with Crippen molar-refractivity contribution < 1.29 is 14.6 Å². The number of fused-ring (bicyclic) bond motifs is 1. The van der Waals surface area contributed by atoms with E-state index in [9.17, 15) is 9.90 Å². The topological polar surface area (TPSA) is 59.4 Å². The van der Waals surface area contributed by atoms with E-state index in [0.29, 0.717) is 12.0 Å². The summed E-state index contributed by atoms with van der Waals surface area (Å²) in [6, 6.07) is 5.54. The van der Waals surface area contributed by atoms with E-state index < -0.39 is 0 Å². The molecule has 0 aliphatic heterocycles. The highest BCUT2D eigenvalue weighted by molar-refractivity contribution is 5.85. The third-order valence-corrected chi connectivity index (χ3v) is 2.40. The SMILES string of the molecule is Cc1ccc2cc(COC=O)cnc2c1O. The van der Waals surface area contributed by atoms with Crippen LogP contribution in [0, 0.1) is 6.92 Å². The fourth-order valence-corrected chi connectivity index (χ4v) is 1.54. The fourth-order valence-electron chi connectivity index (χ4n) is 1.54. The Labute approximate surface area is 92.5 Å². The molecule has 0 saturated carbocycles. The van der Waals surface area contributed by atoms with Crippen molar-refractivity contribution >= 4 is 17.4 Å². The summed E-state index contributed by atoms with van der Waals surface area (Å²) in [6.07, 6.45) is 1.59. The van der Waals surface area contributed by atoms with E-state index >= 15 is 0 Å². The van der Waals surface area contributed by atoms with Crippen LogP contribution in [0.1, 0.15) is 11.1 Å². The van der Waals surface area contributed by atoms with Crippen LogP contribution in [0.2, 0.25) is 0 Å². The second-order valence-corrected chi connectivity index (χ2v) is 3.55. The number of rotatable bonds is 3. The molecule has 1 heterocycles. The molecule has 0 atom stereocenters. The van der Waals surface area contributed by atoms with Gasteiger partial charge in [-0.2, -0.15) is 0 Å². The Morgan fingerprint density at radius 2 is 2.31 bits per heavy atom. The van der Waals surface area contributed by atoms with E-state index in [2.05, 4.69) is 9.72 Å². The van der Waals surface area contributed by atoms with Crippen molar-refractivity contribution in [1.29, 1.82) is 0 Å². The third kappa shape index (κ3) is 1.82. The summed E-state index contributed by atoms with van der Waals surface area (Å²) >= 11 is 0. The predicted octanol–water partition coefficient (Wildman–Crippen LogP) is 1.92. The zero-order valence-corrected chi connectivity index (χ0v) is 8.80. The van der Waals surface area contributed by atoms with Gasteiger partial charge in [0.05, 0.1) is 0 Å². The summed E-state index contributed by atoms with van der Waals surface area (Å²) in [7, 11) is 0. The number of phenols is 1. The molecule has 0 spiro atoms. The molecule has 2 rings (SSSR count). The van der Waals surface area contributed by atoms with Gasteiger partial charge in [0.15, 0.2) is 0 Å². The number of pyridine rings is 1. The zero-order chi connectivity index (χ0) is 11.5. The molecule has 0 amide bonds. The van der Waals surface area contributed by atoms with Crippen molar-refractivity contribution in [3.8, 4) is 5.75 Å². The predicted molar refractivity (Wildman–Crippen MR) is 59.0 cm³/mol.